The summed E-state index contributed by atoms with van der Waals surface area (Å²) in [5, 5.41) is 0. The molecule has 0 aromatic heterocycles. The Bertz CT molecular complexity index is 348. The molecule has 0 unspecified atom stereocenters. The number of hydrogen-bond donors (Lipinski definition) is 0. The zero-order valence-corrected chi connectivity index (χ0v) is 7.88. The van der Waals surface area contributed by atoms with E-state index in [2.05, 4.69) is 4.74 Å². The highest BCUT2D eigenvalue weighted by Gasteiger charge is 2.08. The Kier molecular flexibility index (Phi) is 3.17. The summed E-state index contributed by atoms with van der Waals surface area (Å²) in [6.07, 6.45) is 0. The zero-order chi connectivity index (χ0) is 10.7. The van der Waals surface area contributed by atoms with Gasteiger partial charge >= 0.3 is 6.61 Å². The lowest BCUT2D eigenvalue weighted by Gasteiger charge is -2.07. The van der Waals surface area contributed by atoms with Crippen molar-refractivity contribution in [2.75, 3.05) is 0 Å². The summed E-state index contributed by atoms with van der Waals surface area (Å²) in [7, 11) is 0. The van der Waals surface area contributed by atoms with Crippen molar-refractivity contribution in [3.8, 4) is 5.75 Å². The standard InChI is InChI=1S/C10H10F2O2/c1-6-3-4-8(14-10(11)12)5-9(6)7(2)13/h3-5,10H,1-2H3. The fraction of sp³-hybridized carbons (Fsp3) is 0.300. The van der Waals surface area contributed by atoms with Crippen LogP contribution in [0.3, 0.4) is 0 Å². The predicted octanol–water partition coefficient (Wildman–Crippen LogP) is 2.80. The van der Waals surface area contributed by atoms with Crippen molar-refractivity contribution in [1.29, 1.82) is 0 Å². The van der Waals surface area contributed by atoms with Crippen molar-refractivity contribution < 1.29 is 18.3 Å². The van der Waals surface area contributed by atoms with E-state index in [1.807, 2.05) is 0 Å². The van der Waals surface area contributed by atoms with Crippen molar-refractivity contribution in [3.05, 3.63) is 29.3 Å². The monoisotopic (exact) mass is 200 g/mol. The Morgan fingerprint density at radius 2 is 2.07 bits per heavy atom. The van der Waals surface area contributed by atoms with Crippen LogP contribution in [0.1, 0.15) is 22.8 Å². The summed E-state index contributed by atoms with van der Waals surface area (Å²) in [5.74, 6) is -0.155. The first-order chi connectivity index (χ1) is 6.50. The van der Waals surface area contributed by atoms with Gasteiger partial charge in [-0.25, -0.2) is 0 Å². The lowest BCUT2D eigenvalue weighted by Crippen LogP contribution is -2.04. The highest BCUT2D eigenvalue weighted by atomic mass is 19.3. The fourth-order valence-electron chi connectivity index (χ4n) is 1.16. The Morgan fingerprint density at radius 1 is 1.43 bits per heavy atom. The molecule has 0 aliphatic carbocycles. The molecule has 2 nitrogen and oxygen atoms in total. The number of Topliss-reactive ketones (excluding diaryl/α,β-unsaturated/α-hetero) is 1. The number of benzene rings is 1. The molecule has 0 saturated carbocycles. The van der Waals surface area contributed by atoms with Crippen LogP contribution in [0.4, 0.5) is 8.78 Å². The Balaban J connectivity index is 3.00. The highest BCUT2D eigenvalue weighted by Crippen LogP contribution is 2.19. The molecule has 0 radical (unpaired) electrons. The molecule has 14 heavy (non-hydrogen) atoms. The second-order valence-corrected chi connectivity index (χ2v) is 2.91. The molecule has 1 aromatic carbocycles. The summed E-state index contributed by atoms with van der Waals surface area (Å²) >= 11 is 0. The third kappa shape index (κ3) is 2.52. The molecule has 0 aliphatic heterocycles. The van der Waals surface area contributed by atoms with Crippen LogP contribution in [0, 0.1) is 6.92 Å². The number of ether oxygens (including phenoxy) is 1. The quantitative estimate of drug-likeness (QED) is 0.701. The summed E-state index contributed by atoms with van der Waals surface area (Å²) in [6, 6.07) is 4.31. The van der Waals surface area contributed by atoms with Gasteiger partial charge in [-0.2, -0.15) is 8.78 Å². The highest BCUT2D eigenvalue weighted by molar-refractivity contribution is 5.95. The van der Waals surface area contributed by atoms with Gasteiger partial charge in [0.05, 0.1) is 0 Å². The topological polar surface area (TPSA) is 26.3 Å². The number of aryl methyl sites for hydroxylation is 1. The normalized spacial score (nSPS) is 10.4. The van der Waals surface area contributed by atoms with Crippen LogP contribution in [0.5, 0.6) is 5.75 Å². The van der Waals surface area contributed by atoms with Gasteiger partial charge < -0.3 is 4.74 Å². The van der Waals surface area contributed by atoms with Crippen molar-refractivity contribution in [2.45, 2.75) is 20.5 Å². The van der Waals surface area contributed by atoms with Gasteiger partial charge in [-0.05, 0) is 31.5 Å². The number of hydrogen-bond acceptors (Lipinski definition) is 2. The maximum Gasteiger partial charge on any atom is 0.387 e. The smallest absolute Gasteiger partial charge is 0.387 e. The van der Waals surface area contributed by atoms with E-state index in [0.29, 0.717) is 5.56 Å². The maximum atomic E-state index is 11.8. The van der Waals surface area contributed by atoms with Crippen LogP contribution in [-0.2, 0) is 0 Å². The third-order valence-electron chi connectivity index (χ3n) is 1.81. The van der Waals surface area contributed by atoms with Gasteiger partial charge in [0.25, 0.3) is 0 Å². The van der Waals surface area contributed by atoms with Gasteiger partial charge in [0.1, 0.15) is 5.75 Å². The van der Waals surface area contributed by atoms with Gasteiger partial charge in [-0.3, -0.25) is 4.79 Å². The molecule has 0 aliphatic rings. The molecule has 0 bridgehead atoms. The minimum atomic E-state index is -2.86. The molecule has 0 amide bonds. The van der Waals surface area contributed by atoms with Gasteiger partial charge in [0.15, 0.2) is 5.78 Å². The first kappa shape index (κ1) is 10.6. The number of halogens is 2. The zero-order valence-electron chi connectivity index (χ0n) is 7.88. The average Bonchev–Trinajstić information content (AvgIpc) is 2.07. The van der Waals surface area contributed by atoms with E-state index in [-0.39, 0.29) is 11.5 Å². The second kappa shape index (κ2) is 4.17. The van der Waals surface area contributed by atoms with E-state index in [0.717, 1.165) is 5.56 Å². The van der Waals surface area contributed by atoms with Crippen LogP contribution < -0.4 is 4.74 Å². The molecule has 4 heteroatoms. The summed E-state index contributed by atoms with van der Waals surface area (Å²) < 4.78 is 27.9. The van der Waals surface area contributed by atoms with Crippen molar-refractivity contribution in [2.24, 2.45) is 0 Å². The van der Waals surface area contributed by atoms with Crippen molar-refractivity contribution >= 4 is 5.78 Å². The minimum Gasteiger partial charge on any atom is -0.435 e. The number of rotatable bonds is 3. The van der Waals surface area contributed by atoms with E-state index >= 15 is 0 Å². The molecule has 0 heterocycles. The Hall–Kier alpha value is -1.45. The predicted molar refractivity (Wildman–Crippen MR) is 47.8 cm³/mol. The molecule has 1 aromatic rings. The molecule has 0 atom stereocenters. The molecule has 0 saturated heterocycles. The van der Waals surface area contributed by atoms with Crippen LogP contribution in [0.15, 0.2) is 18.2 Å². The van der Waals surface area contributed by atoms with Crippen molar-refractivity contribution in [1.82, 2.24) is 0 Å². The molecule has 0 fully saturated rings. The molecule has 76 valence electrons. The number of carbonyl (C=O) groups is 1. The van der Waals surface area contributed by atoms with E-state index in [1.54, 1.807) is 13.0 Å². The summed E-state index contributed by atoms with van der Waals surface area (Å²) in [5.41, 5.74) is 1.15. The van der Waals surface area contributed by atoms with Crippen LogP contribution in [0.25, 0.3) is 0 Å². The molecule has 1 rings (SSSR count). The third-order valence-corrected chi connectivity index (χ3v) is 1.81. The lowest BCUT2D eigenvalue weighted by molar-refractivity contribution is -0.0498. The average molecular weight is 200 g/mol. The van der Waals surface area contributed by atoms with E-state index in [9.17, 15) is 13.6 Å². The molecule has 0 spiro atoms. The maximum absolute atomic E-state index is 11.8. The number of carbonyl (C=O) groups excluding carboxylic acids is 1. The van der Waals surface area contributed by atoms with E-state index < -0.39 is 6.61 Å². The SMILES string of the molecule is CC(=O)c1cc(OC(F)F)ccc1C. The second-order valence-electron chi connectivity index (χ2n) is 2.91. The first-order valence-electron chi connectivity index (χ1n) is 4.07. The van der Waals surface area contributed by atoms with Gasteiger partial charge in [0.2, 0.25) is 0 Å². The number of alkyl halides is 2. The van der Waals surface area contributed by atoms with Crippen molar-refractivity contribution in [3.63, 3.8) is 0 Å². The molecular weight excluding hydrogens is 190 g/mol. The summed E-state index contributed by atoms with van der Waals surface area (Å²) in [6.45, 7) is 0.259. The molecule has 0 N–H and O–H groups in total. The molecular formula is C10H10F2O2. The Morgan fingerprint density at radius 3 is 2.57 bits per heavy atom. The van der Waals surface area contributed by atoms with Gasteiger partial charge in [0, 0.05) is 5.56 Å². The van der Waals surface area contributed by atoms with Gasteiger partial charge in [-0.15, -0.1) is 0 Å². The largest absolute Gasteiger partial charge is 0.435 e. The minimum absolute atomic E-state index is 0.0100. The van der Waals surface area contributed by atoms with Gasteiger partial charge in [-0.1, -0.05) is 6.07 Å². The van der Waals surface area contributed by atoms with Crippen LogP contribution in [-0.4, -0.2) is 12.4 Å². The fourth-order valence-corrected chi connectivity index (χ4v) is 1.16. The first-order valence-corrected chi connectivity index (χ1v) is 4.07. The lowest BCUT2D eigenvalue weighted by atomic mass is 10.1. The van der Waals surface area contributed by atoms with Crippen LogP contribution >= 0.6 is 0 Å². The number of ketones is 1. The Labute approximate surface area is 80.5 Å². The van der Waals surface area contributed by atoms with E-state index in [1.165, 1.54) is 19.1 Å². The summed E-state index contributed by atoms with van der Waals surface area (Å²) in [4.78, 5) is 11.1. The van der Waals surface area contributed by atoms with Crippen LogP contribution in [0.2, 0.25) is 0 Å². The van der Waals surface area contributed by atoms with E-state index in [4.69, 9.17) is 0 Å².